The van der Waals surface area contributed by atoms with Crippen molar-refractivity contribution < 1.29 is 9.59 Å². The maximum absolute atomic E-state index is 13.7. The summed E-state index contributed by atoms with van der Waals surface area (Å²) in [6, 6.07) is 17.1. The van der Waals surface area contributed by atoms with Crippen LogP contribution in [-0.2, 0) is 17.6 Å². The lowest BCUT2D eigenvalue weighted by molar-refractivity contribution is -0.128. The van der Waals surface area contributed by atoms with Crippen molar-refractivity contribution in [1.29, 1.82) is 0 Å². The standard InChI is InChI=1S/C24H24N4O2/c1-16-7-5-8-17(15-16)22-23(29)25-13-14-27(22)24(30)21-19-11-6-12-20(19)28(26-21)18-9-3-2-4-10-18/h2-5,7-10,15,22H,6,11-14H2,1H3,(H,25,29). The Morgan fingerprint density at radius 3 is 2.73 bits per heavy atom. The number of hydrogen-bond acceptors (Lipinski definition) is 3. The molecule has 1 unspecified atom stereocenters. The van der Waals surface area contributed by atoms with Gasteiger partial charge in [0.15, 0.2) is 5.69 Å². The number of fused-ring (bicyclic) bond motifs is 1. The highest BCUT2D eigenvalue weighted by Gasteiger charge is 2.38. The zero-order valence-corrected chi connectivity index (χ0v) is 17.0. The average Bonchev–Trinajstić information content (AvgIpc) is 3.36. The Hall–Kier alpha value is -3.41. The fraction of sp³-hybridized carbons (Fsp3) is 0.292. The van der Waals surface area contributed by atoms with E-state index < -0.39 is 6.04 Å². The molecule has 2 aliphatic rings. The van der Waals surface area contributed by atoms with Gasteiger partial charge in [-0.1, -0.05) is 48.0 Å². The van der Waals surface area contributed by atoms with Gasteiger partial charge in [0.05, 0.1) is 5.69 Å². The molecular formula is C24H24N4O2. The van der Waals surface area contributed by atoms with E-state index in [0.717, 1.165) is 47.3 Å². The van der Waals surface area contributed by atoms with E-state index in [-0.39, 0.29) is 11.8 Å². The van der Waals surface area contributed by atoms with Crippen LogP contribution in [0.1, 0.15) is 45.3 Å². The van der Waals surface area contributed by atoms with E-state index in [2.05, 4.69) is 5.32 Å². The van der Waals surface area contributed by atoms with Crippen molar-refractivity contribution in [2.75, 3.05) is 13.1 Å². The first-order chi connectivity index (χ1) is 14.6. The zero-order chi connectivity index (χ0) is 20.7. The molecule has 2 heterocycles. The number of aromatic nitrogens is 2. The number of piperazine rings is 1. The number of aryl methyl sites for hydroxylation is 1. The van der Waals surface area contributed by atoms with Gasteiger partial charge in [-0.3, -0.25) is 9.59 Å². The van der Waals surface area contributed by atoms with Crippen LogP contribution >= 0.6 is 0 Å². The Kier molecular flexibility index (Phi) is 4.62. The summed E-state index contributed by atoms with van der Waals surface area (Å²) in [4.78, 5) is 28.2. The molecule has 1 aromatic heterocycles. The third-order valence-corrected chi connectivity index (χ3v) is 5.96. The largest absolute Gasteiger partial charge is 0.352 e. The maximum atomic E-state index is 13.7. The molecule has 152 valence electrons. The number of nitrogens with zero attached hydrogens (tertiary/aromatic N) is 3. The van der Waals surface area contributed by atoms with Crippen LogP contribution in [0.25, 0.3) is 5.69 Å². The van der Waals surface area contributed by atoms with Gasteiger partial charge >= 0.3 is 0 Å². The quantitative estimate of drug-likeness (QED) is 0.735. The minimum atomic E-state index is -0.634. The first-order valence-corrected chi connectivity index (χ1v) is 10.4. The lowest BCUT2D eigenvalue weighted by atomic mass is 9.99. The molecule has 1 aliphatic heterocycles. The van der Waals surface area contributed by atoms with Gasteiger partial charge in [-0.15, -0.1) is 0 Å². The predicted molar refractivity (Wildman–Crippen MR) is 114 cm³/mol. The van der Waals surface area contributed by atoms with Crippen molar-refractivity contribution >= 4 is 11.8 Å². The van der Waals surface area contributed by atoms with Crippen molar-refractivity contribution in [1.82, 2.24) is 20.0 Å². The summed E-state index contributed by atoms with van der Waals surface area (Å²) in [6.45, 7) is 2.91. The number of nitrogens with one attached hydrogen (secondary N) is 1. The molecule has 3 aromatic rings. The summed E-state index contributed by atoms with van der Waals surface area (Å²) in [5.41, 5.74) is 5.48. The molecule has 1 N–H and O–H groups in total. The van der Waals surface area contributed by atoms with Gasteiger partial charge in [-0.25, -0.2) is 4.68 Å². The summed E-state index contributed by atoms with van der Waals surface area (Å²) in [5, 5.41) is 7.65. The Bertz CT molecular complexity index is 1120. The van der Waals surface area contributed by atoms with Gasteiger partial charge in [-0.2, -0.15) is 5.10 Å². The lowest BCUT2D eigenvalue weighted by Gasteiger charge is -2.35. The minimum absolute atomic E-state index is 0.140. The summed E-state index contributed by atoms with van der Waals surface area (Å²) < 4.78 is 1.90. The van der Waals surface area contributed by atoms with Crippen LogP contribution in [0.2, 0.25) is 0 Å². The summed E-state index contributed by atoms with van der Waals surface area (Å²) in [7, 11) is 0. The molecule has 0 spiro atoms. The highest BCUT2D eigenvalue weighted by Crippen LogP contribution is 2.31. The first-order valence-electron chi connectivity index (χ1n) is 10.4. The van der Waals surface area contributed by atoms with Crippen LogP contribution in [0, 0.1) is 6.92 Å². The number of rotatable bonds is 3. The fourth-order valence-corrected chi connectivity index (χ4v) is 4.59. The Labute approximate surface area is 175 Å². The lowest BCUT2D eigenvalue weighted by Crippen LogP contribution is -2.52. The van der Waals surface area contributed by atoms with Crippen molar-refractivity contribution in [2.45, 2.75) is 32.2 Å². The molecule has 1 aliphatic carbocycles. The van der Waals surface area contributed by atoms with Crippen LogP contribution in [0.3, 0.4) is 0 Å². The number of amides is 2. The van der Waals surface area contributed by atoms with E-state index in [4.69, 9.17) is 5.10 Å². The van der Waals surface area contributed by atoms with E-state index in [9.17, 15) is 9.59 Å². The summed E-state index contributed by atoms with van der Waals surface area (Å²) in [5.74, 6) is -0.302. The van der Waals surface area contributed by atoms with Crippen LogP contribution in [-0.4, -0.2) is 39.6 Å². The van der Waals surface area contributed by atoms with E-state index in [1.165, 1.54) is 0 Å². The SMILES string of the molecule is Cc1cccc(C2C(=O)NCCN2C(=O)c2nn(-c3ccccc3)c3c2CCC3)c1. The monoisotopic (exact) mass is 400 g/mol. The van der Waals surface area contributed by atoms with Gasteiger partial charge in [0.2, 0.25) is 5.91 Å². The molecule has 0 bridgehead atoms. The molecule has 30 heavy (non-hydrogen) atoms. The van der Waals surface area contributed by atoms with Gasteiger partial charge in [0.25, 0.3) is 5.91 Å². The second-order valence-corrected chi connectivity index (χ2v) is 7.98. The molecule has 0 saturated carbocycles. The molecule has 1 saturated heterocycles. The smallest absolute Gasteiger partial charge is 0.275 e. The van der Waals surface area contributed by atoms with Gasteiger partial charge in [-0.05, 0) is 43.9 Å². The number of hydrogen-bond donors (Lipinski definition) is 1. The number of carbonyl (C=O) groups is 2. The van der Waals surface area contributed by atoms with E-state index in [0.29, 0.717) is 18.8 Å². The molecule has 0 radical (unpaired) electrons. The fourth-order valence-electron chi connectivity index (χ4n) is 4.59. The molecule has 5 rings (SSSR count). The molecule has 6 nitrogen and oxygen atoms in total. The van der Waals surface area contributed by atoms with Gasteiger partial charge < -0.3 is 10.2 Å². The second-order valence-electron chi connectivity index (χ2n) is 7.98. The molecule has 1 atom stereocenters. The average molecular weight is 400 g/mol. The Balaban J connectivity index is 1.56. The van der Waals surface area contributed by atoms with E-state index in [1.807, 2.05) is 66.2 Å². The third-order valence-electron chi connectivity index (χ3n) is 5.96. The Morgan fingerprint density at radius 1 is 1.10 bits per heavy atom. The third kappa shape index (κ3) is 3.09. The van der Waals surface area contributed by atoms with Crippen molar-refractivity contribution in [2.24, 2.45) is 0 Å². The summed E-state index contributed by atoms with van der Waals surface area (Å²) in [6.07, 6.45) is 2.77. The van der Waals surface area contributed by atoms with Crippen LogP contribution in [0.4, 0.5) is 0 Å². The van der Waals surface area contributed by atoms with Crippen LogP contribution in [0.5, 0.6) is 0 Å². The van der Waals surface area contributed by atoms with Crippen LogP contribution < -0.4 is 5.32 Å². The normalized spacial score (nSPS) is 18.2. The number of carbonyl (C=O) groups excluding carboxylic acids is 2. The molecule has 1 fully saturated rings. The Morgan fingerprint density at radius 2 is 1.93 bits per heavy atom. The van der Waals surface area contributed by atoms with Crippen molar-refractivity contribution in [3.8, 4) is 5.69 Å². The van der Waals surface area contributed by atoms with Crippen LogP contribution in [0.15, 0.2) is 54.6 Å². The minimum Gasteiger partial charge on any atom is -0.352 e. The molecule has 2 aromatic carbocycles. The van der Waals surface area contributed by atoms with Crippen molar-refractivity contribution in [3.63, 3.8) is 0 Å². The van der Waals surface area contributed by atoms with Crippen molar-refractivity contribution in [3.05, 3.63) is 82.7 Å². The van der Waals surface area contributed by atoms with E-state index in [1.54, 1.807) is 4.90 Å². The maximum Gasteiger partial charge on any atom is 0.275 e. The number of para-hydroxylation sites is 1. The zero-order valence-electron chi connectivity index (χ0n) is 17.0. The summed E-state index contributed by atoms with van der Waals surface area (Å²) >= 11 is 0. The first kappa shape index (κ1) is 18.6. The molecular weight excluding hydrogens is 376 g/mol. The topological polar surface area (TPSA) is 67.2 Å². The highest BCUT2D eigenvalue weighted by molar-refractivity contribution is 5.98. The molecule has 6 heteroatoms. The van der Waals surface area contributed by atoms with Gasteiger partial charge in [0, 0.05) is 24.3 Å². The second kappa shape index (κ2) is 7.44. The molecule has 2 amide bonds. The van der Waals surface area contributed by atoms with Gasteiger partial charge in [0.1, 0.15) is 6.04 Å². The van der Waals surface area contributed by atoms with E-state index >= 15 is 0 Å². The predicted octanol–water partition coefficient (Wildman–Crippen LogP) is 2.98. The number of benzene rings is 2. The highest BCUT2D eigenvalue weighted by atomic mass is 16.2.